The van der Waals surface area contributed by atoms with Gasteiger partial charge in [0.1, 0.15) is 0 Å². The van der Waals surface area contributed by atoms with Gasteiger partial charge in [-0.25, -0.2) is 0 Å². The van der Waals surface area contributed by atoms with Gasteiger partial charge in [-0.3, -0.25) is 0 Å². The largest absolute Gasteiger partial charge is 0.0654 e. The average molecular weight is 180 g/mol. The van der Waals surface area contributed by atoms with Crippen molar-refractivity contribution in [3.05, 3.63) is 0 Å². The fraction of sp³-hybridized carbons (Fsp3) is 1.00. The van der Waals surface area contributed by atoms with Crippen molar-refractivity contribution in [2.24, 2.45) is 23.7 Å². The molecule has 0 radical (unpaired) electrons. The maximum atomic E-state index is 2.46. The van der Waals surface area contributed by atoms with Gasteiger partial charge in [0.05, 0.1) is 0 Å². The summed E-state index contributed by atoms with van der Waals surface area (Å²) in [5.41, 5.74) is 0. The molecule has 0 aromatic heterocycles. The molecule has 0 aliphatic heterocycles. The van der Waals surface area contributed by atoms with Gasteiger partial charge < -0.3 is 0 Å². The first-order chi connectivity index (χ1) is 6.29. The standard InChI is InChI=1S/C13H24/c1-3-4-5-10(2)6-11-7-12-9-13(12)8-11/h10-13H,3-9H2,1-2H3/t10-,12-,13-/m0/s1. The lowest BCUT2D eigenvalue weighted by Crippen LogP contribution is -2.04. The van der Waals surface area contributed by atoms with Crippen molar-refractivity contribution in [1.29, 1.82) is 0 Å². The highest BCUT2D eigenvalue weighted by Gasteiger charge is 2.45. The minimum absolute atomic E-state index is 1.00. The smallest absolute Gasteiger partial charge is 0.0380 e. The summed E-state index contributed by atoms with van der Waals surface area (Å²) >= 11 is 0. The molecule has 2 rings (SSSR count). The maximum absolute atomic E-state index is 2.46. The SMILES string of the molecule is CCCC[C@H](C)CC1C[C@H]2C[C@@H]2C1. The Labute approximate surface area is 83.1 Å². The Balaban J connectivity index is 1.60. The third kappa shape index (κ3) is 2.48. The van der Waals surface area contributed by atoms with Crippen LogP contribution in [0.4, 0.5) is 0 Å². The highest BCUT2D eigenvalue weighted by atomic mass is 14.5. The van der Waals surface area contributed by atoms with Crippen molar-refractivity contribution < 1.29 is 0 Å². The van der Waals surface area contributed by atoms with Crippen LogP contribution < -0.4 is 0 Å². The van der Waals surface area contributed by atoms with Crippen LogP contribution in [0.3, 0.4) is 0 Å². The van der Waals surface area contributed by atoms with E-state index < -0.39 is 0 Å². The Hall–Kier alpha value is 0. The van der Waals surface area contributed by atoms with Crippen molar-refractivity contribution in [2.75, 3.05) is 0 Å². The van der Waals surface area contributed by atoms with Crippen LogP contribution in [-0.2, 0) is 0 Å². The molecule has 2 aliphatic rings. The molecule has 0 saturated heterocycles. The monoisotopic (exact) mass is 180 g/mol. The van der Waals surface area contributed by atoms with Gasteiger partial charge in [0, 0.05) is 0 Å². The van der Waals surface area contributed by atoms with Gasteiger partial charge in [-0.15, -0.1) is 0 Å². The molecule has 0 amide bonds. The minimum Gasteiger partial charge on any atom is -0.0654 e. The Morgan fingerprint density at radius 1 is 1.15 bits per heavy atom. The van der Waals surface area contributed by atoms with E-state index in [0.717, 1.165) is 11.8 Å². The molecular weight excluding hydrogens is 156 g/mol. The van der Waals surface area contributed by atoms with Crippen LogP contribution in [0.5, 0.6) is 0 Å². The first-order valence-electron chi connectivity index (χ1n) is 6.29. The van der Waals surface area contributed by atoms with Crippen molar-refractivity contribution in [3.8, 4) is 0 Å². The van der Waals surface area contributed by atoms with Gasteiger partial charge >= 0.3 is 0 Å². The number of hydrogen-bond donors (Lipinski definition) is 0. The van der Waals surface area contributed by atoms with Gasteiger partial charge in [0.2, 0.25) is 0 Å². The molecule has 0 nitrogen and oxygen atoms in total. The highest BCUT2D eigenvalue weighted by molar-refractivity contribution is 4.95. The number of rotatable bonds is 5. The van der Waals surface area contributed by atoms with Crippen LogP contribution >= 0.6 is 0 Å². The van der Waals surface area contributed by atoms with Crippen molar-refractivity contribution in [3.63, 3.8) is 0 Å². The van der Waals surface area contributed by atoms with E-state index >= 15 is 0 Å². The zero-order valence-electron chi connectivity index (χ0n) is 9.26. The van der Waals surface area contributed by atoms with Crippen LogP contribution in [0.25, 0.3) is 0 Å². The normalized spacial score (nSPS) is 34.6. The van der Waals surface area contributed by atoms with Gasteiger partial charge in [-0.05, 0) is 49.4 Å². The summed E-state index contributed by atoms with van der Waals surface area (Å²) < 4.78 is 0. The Kier molecular flexibility index (Phi) is 2.96. The molecule has 0 aromatic carbocycles. The molecule has 0 aromatic rings. The van der Waals surface area contributed by atoms with Crippen molar-refractivity contribution >= 4 is 0 Å². The van der Waals surface area contributed by atoms with Crippen LogP contribution in [0.15, 0.2) is 0 Å². The second-order valence-electron chi connectivity index (χ2n) is 5.58. The van der Waals surface area contributed by atoms with Gasteiger partial charge in [0.25, 0.3) is 0 Å². The van der Waals surface area contributed by atoms with Crippen LogP contribution in [0.2, 0.25) is 0 Å². The molecule has 3 atom stereocenters. The van der Waals surface area contributed by atoms with E-state index in [1.807, 2.05) is 0 Å². The first kappa shape index (κ1) is 9.55. The Morgan fingerprint density at radius 3 is 2.46 bits per heavy atom. The van der Waals surface area contributed by atoms with Gasteiger partial charge in [-0.2, -0.15) is 0 Å². The summed E-state index contributed by atoms with van der Waals surface area (Å²) in [7, 11) is 0. The third-order valence-corrected chi connectivity index (χ3v) is 4.13. The fourth-order valence-electron chi connectivity index (χ4n) is 3.27. The molecule has 76 valence electrons. The molecule has 0 heterocycles. The predicted molar refractivity (Wildman–Crippen MR) is 57.6 cm³/mol. The van der Waals surface area contributed by atoms with E-state index in [2.05, 4.69) is 13.8 Å². The summed E-state index contributed by atoms with van der Waals surface area (Å²) in [6.07, 6.45) is 10.6. The molecule has 2 aliphatic carbocycles. The minimum atomic E-state index is 1.00. The summed E-state index contributed by atoms with van der Waals surface area (Å²) in [6, 6.07) is 0. The van der Waals surface area contributed by atoms with Crippen LogP contribution in [-0.4, -0.2) is 0 Å². The number of hydrogen-bond acceptors (Lipinski definition) is 0. The quantitative estimate of drug-likeness (QED) is 0.593. The van der Waals surface area contributed by atoms with E-state index in [-0.39, 0.29) is 0 Å². The summed E-state index contributed by atoms with van der Waals surface area (Å²) in [6.45, 7) is 4.76. The second kappa shape index (κ2) is 4.02. The molecule has 0 unspecified atom stereocenters. The predicted octanol–water partition coefficient (Wildman–Crippen LogP) is 4.25. The Bertz CT molecular complexity index is 151. The molecular formula is C13H24. The zero-order valence-corrected chi connectivity index (χ0v) is 9.26. The molecule has 0 spiro atoms. The maximum Gasteiger partial charge on any atom is -0.0380 e. The molecule has 0 bridgehead atoms. The van der Waals surface area contributed by atoms with E-state index in [1.54, 1.807) is 19.3 Å². The molecule has 2 fully saturated rings. The lowest BCUT2D eigenvalue weighted by molar-refractivity contribution is 0.350. The Morgan fingerprint density at radius 2 is 1.85 bits per heavy atom. The zero-order chi connectivity index (χ0) is 9.26. The molecule has 0 N–H and O–H groups in total. The van der Waals surface area contributed by atoms with E-state index in [9.17, 15) is 0 Å². The fourth-order valence-corrected chi connectivity index (χ4v) is 3.27. The first-order valence-corrected chi connectivity index (χ1v) is 6.29. The van der Waals surface area contributed by atoms with E-state index in [0.29, 0.717) is 0 Å². The lowest BCUT2D eigenvalue weighted by atomic mass is 9.89. The molecule has 0 heteroatoms. The van der Waals surface area contributed by atoms with Gasteiger partial charge in [-0.1, -0.05) is 33.1 Å². The molecule has 2 saturated carbocycles. The van der Waals surface area contributed by atoms with E-state index in [1.165, 1.54) is 37.5 Å². The van der Waals surface area contributed by atoms with Crippen LogP contribution in [0.1, 0.15) is 58.8 Å². The van der Waals surface area contributed by atoms with Crippen molar-refractivity contribution in [2.45, 2.75) is 58.8 Å². The summed E-state index contributed by atoms with van der Waals surface area (Å²) in [5, 5.41) is 0. The highest BCUT2D eigenvalue weighted by Crippen LogP contribution is 2.55. The van der Waals surface area contributed by atoms with Gasteiger partial charge in [0.15, 0.2) is 0 Å². The van der Waals surface area contributed by atoms with Crippen molar-refractivity contribution in [1.82, 2.24) is 0 Å². The second-order valence-corrected chi connectivity index (χ2v) is 5.58. The lowest BCUT2D eigenvalue weighted by Gasteiger charge is -2.17. The van der Waals surface area contributed by atoms with E-state index in [4.69, 9.17) is 0 Å². The average Bonchev–Trinajstić information content (AvgIpc) is 2.71. The number of fused-ring (bicyclic) bond motifs is 1. The topological polar surface area (TPSA) is 0 Å². The number of unbranched alkanes of at least 4 members (excludes halogenated alkanes) is 1. The van der Waals surface area contributed by atoms with Crippen LogP contribution in [0, 0.1) is 23.7 Å². The summed E-state index contributed by atoms with van der Waals surface area (Å²) in [5.74, 6) is 4.49. The third-order valence-electron chi connectivity index (χ3n) is 4.13. The molecule has 13 heavy (non-hydrogen) atoms. The summed E-state index contributed by atoms with van der Waals surface area (Å²) in [4.78, 5) is 0.